The molecule has 13 heavy (non-hydrogen) atoms. The zero-order valence-corrected chi connectivity index (χ0v) is 10.5. The van der Waals surface area contributed by atoms with Crippen molar-refractivity contribution < 1.29 is 0 Å². The van der Waals surface area contributed by atoms with Crippen molar-refractivity contribution in [3.05, 3.63) is 27.5 Å². The quantitative estimate of drug-likeness (QED) is 0.726. The number of fused-ring (bicyclic) bond motifs is 1. The van der Waals surface area contributed by atoms with Crippen molar-refractivity contribution in [3.8, 4) is 0 Å². The van der Waals surface area contributed by atoms with E-state index in [1.165, 1.54) is 19.4 Å². The molecule has 1 aromatic heterocycles. The normalized spacial score (nSPS) is 11.0. The monoisotopic (exact) mass is 272 g/mol. The first-order chi connectivity index (χ1) is 6.22. The van der Waals surface area contributed by atoms with Gasteiger partial charge in [-0.2, -0.15) is 0 Å². The minimum Gasteiger partial charge on any atom is -0.143 e. The second-order valence-electron chi connectivity index (χ2n) is 2.88. The fraction of sp³-hybridized carbons (Fsp3) is 0.200. The molecule has 0 nitrogen and oxygen atoms in total. The number of benzene rings is 1. The van der Waals surface area contributed by atoms with Gasteiger partial charge in [-0.3, -0.25) is 0 Å². The highest BCUT2D eigenvalue weighted by molar-refractivity contribution is 9.11. The molecule has 0 radical (unpaired) electrons. The maximum absolute atomic E-state index is 4.45. The summed E-state index contributed by atoms with van der Waals surface area (Å²) in [6.07, 6.45) is 1.04. The van der Waals surface area contributed by atoms with Crippen molar-refractivity contribution in [2.45, 2.75) is 18.2 Å². The van der Waals surface area contributed by atoms with E-state index >= 15 is 0 Å². The van der Waals surface area contributed by atoms with E-state index < -0.39 is 0 Å². The van der Waals surface area contributed by atoms with E-state index in [4.69, 9.17) is 0 Å². The number of thiol groups is 1. The van der Waals surface area contributed by atoms with Crippen LogP contribution in [-0.2, 0) is 6.42 Å². The first kappa shape index (κ1) is 9.56. The molecule has 0 saturated carbocycles. The molecule has 0 fully saturated rings. The summed E-state index contributed by atoms with van der Waals surface area (Å²) in [5, 5.41) is 1.34. The number of halogens is 1. The fourth-order valence-corrected chi connectivity index (χ4v) is 3.42. The highest BCUT2D eigenvalue weighted by atomic mass is 79.9. The molecule has 0 saturated heterocycles. The van der Waals surface area contributed by atoms with Crippen LogP contribution in [0, 0.1) is 0 Å². The van der Waals surface area contributed by atoms with Gasteiger partial charge < -0.3 is 0 Å². The number of rotatable bonds is 1. The molecule has 0 aliphatic heterocycles. The van der Waals surface area contributed by atoms with Crippen LogP contribution in [0.15, 0.2) is 26.9 Å². The number of aryl methyl sites for hydroxylation is 1. The minimum atomic E-state index is 1.04. The highest BCUT2D eigenvalue weighted by Gasteiger charge is 2.06. The summed E-state index contributed by atoms with van der Waals surface area (Å²) in [6.45, 7) is 2.17. The fourth-order valence-electron chi connectivity index (χ4n) is 1.50. The van der Waals surface area contributed by atoms with E-state index in [1.807, 2.05) is 0 Å². The van der Waals surface area contributed by atoms with Crippen LogP contribution in [0.25, 0.3) is 10.1 Å². The molecule has 2 aromatic rings. The van der Waals surface area contributed by atoms with Crippen LogP contribution in [0.2, 0.25) is 0 Å². The maximum atomic E-state index is 4.45. The molecular weight excluding hydrogens is 264 g/mol. The van der Waals surface area contributed by atoms with E-state index in [1.54, 1.807) is 11.3 Å². The topological polar surface area (TPSA) is 0 Å². The molecule has 68 valence electrons. The van der Waals surface area contributed by atoms with Gasteiger partial charge in [-0.25, -0.2) is 0 Å². The Labute approximate surface area is 95.5 Å². The molecule has 0 spiro atoms. The van der Waals surface area contributed by atoms with Crippen LogP contribution in [0.5, 0.6) is 0 Å². The average Bonchev–Trinajstić information content (AvgIpc) is 2.45. The first-order valence-corrected chi connectivity index (χ1v) is 6.18. The SMILES string of the molecule is CCc1c(S)ccc2sc(Br)cc12. The zero-order chi connectivity index (χ0) is 9.42. The third kappa shape index (κ3) is 1.65. The summed E-state index contributed by atoms with van der Waals surface area (Å²) >= 11 is 9.73. The van der Waals surface area contributed by atoms with Crippen molar-refractivity contribution in [1.29, 1.82) is 0 Å². The van der Waals surface area contributed by atoms with E-state index in [0.29, 0.717) is 0 Å². The lowest BCUT2D eigenvalue weighted by Crippen LogP contribution is -1.82. The lowest BCUT2D eigenvalue weighted by Gasteiger charge is -2.02. The molecular formula is C10H9BrS2. The third-order valence-electron chi connectivity index (χ3n) is 2.11. The van der Waals surface area contributed by atoms with Gasteiger partial charge in [-0.1, -0.05) is 6.92 Å². The molecule has 0 unspecified atom stereocenters. The summed E-state index contributed by atoms with van der Waals surface area (Å²) in [5.74, 6) is 0. The summed E-state index contributed by atoms with van der Waals surface area (Å²) < 4.78 is 2.53. The summed E-state index contributed by atoms with van der Waals surface area (Å²) in [4.78, 5) is 1.10. The Hall–Kier alpha value is 0.01000. The molecule has 0 aliphatic rings. The average molecular weight is 273 g/mol. The van der Waals surface area contributed by atoms with Gasteiger partial charge in [0.05, 0.1) is 3.79 Å². The molecule has 0 bridgehead atoms. The lowest BCUT2D eigenvalue weighted by atomic mass is 10.1. The Morgan fingerprint density at radius 2 is 2.23 bits per heavy atom. The summed E-state index contributed by atoms with van der Waals surface area (Å²) in [7, 11) is 0. The van der Waals surface area contributed by atoms with Gasteiger partial charge in [0.15, 0.2) is 0 Å². The van der Waals surface area contributed by atoms with Gasteiger partial charge in [0, 0.05) is 9.60 Å². The molecule has 1 aromatic carbocycles. The first-order valence-electron chi connectivity index (χ1n) is 4.12. The number of hydrogen-bond donors (Lipinski definition) is 1. The second kappa shape index (κ2) is 3.64. The van der Waals surface area contributed by atoms with Crippen LogP contribution in [0.1, 0.15) is 12.5 Å². The number of hydrogen-bond acceptors (Lipinski definition) is 2. The van der Waals surface area contributed by atoms with Crippen molar-refractivity contribution >= 4 is 50.0 Å². The Morgan fingerprint density at radius 1 is 1.46 bits per heavy atom. The smallest absolute Gasteiger partial charge is 0.0711 e. The van der Waals surface area contributed by atoms with E-state index in [2.05, 4.69) is 53.7 Å². The van der Waals surface area contributed by atoms with Crippen LogP contribution in [0.4, 0.5) is 0 Å². The van der Waals surface area contributed by atoms with Crippen LogP contribution < -0.4 is 0 Å². The molecule has 0 amide bonds. The minimum absolute atomic E-state index is 1.04. The highest BCUT2D eigenvalue weighted by Crippen LogP contribution is 2.34. The molecule has 1 heterocycles. The Bertz CT molecular complexity index is 445. The van der Waals surface area contributed by atoms with Crippen molar-refractivity contribution in [2.75, 3.05) is 0 Å². The standard InChI is InChI=1S/C10H9BrS2/c1-2-6-7-5-10(11)13-9(7)4-3-8(6)12/h3-5,12H,2H2,1H3. The summed E-state index contributed by atoms with van der Waals surface area (Å²) in [6, 6.07) is 6.39. The Kier molecular flexibility index (Phi) is 2.67. The summed E-state index contributed by atoms with van der Waals surface area (Å²) in [5.41, 5.74) is 1.35. The van der Waals surface area contributed by atoms with Crippen molar-refractivity contribution in [3.63, 3.8) is 0 Å². The van der Waals surface area contributed by atoms with Crippen molar-refractivity contribution in [1.82, 2.24) is 0 Å². The van der Waals surface area contributed by atoms with E-state index in [0.717, 1.165) is 11.3 Å². The van der Waals surface area contributed by atoms with E-state index in [-0.39, 0.29) is 0 Å². The predicted octanol–water partition coefficient (Wildman–Crippen LogP) is 4.51. The van der Waals surface area contributed by atoms with Gasteiger partial charge in [0.2, 0.25) is 0 Å². The molecule has 2 rings (SSSR count). The van der Waals surface area contributed by atoms with Gasteiger partial charge in [-0.15, -0.1) is 24.0 Å². The van der Waals surface area contributed by atoms with Crippen molar-refractivity contribution in [2.24, 2.45) is 0 Å². The number of thiophene rings is 1. The van der Waals surface area contributed by atoms with Gasteiger partial charge >= 0.3 is 0 Å². The Balaban J connectivity index is 2.82. The van der Waals surface area contributed by atoms with Crippen LogP contribution >= 0.6 is 39.9 Å². The third-order valence-corrected chi connectivity index (χ3v) is 4.13. The van der Waals surface area contributed by atoms with Gasteiger partial charge in [-0.05, 0) is 51.5 Å². The molecule has 3 heteroatoms. The molecule has 0 aliphatic carbocycles. The predicted molar refractivity (Wildman–Crippen MR) is 66.2 cm³/mol. The second-order valence-corrected chi connectivity index (χ2v) is 5.82. The molecule has 0 N–H and O–H groups in total. The Morgan fingerprint density at radius 3 is 2.92 bits per heavy atom. The molecule has 0 atom stereocenters. The zero-order valence-electron chi connectivity index (χ0n) is 7.17. The maximum Gasteiger partial charge on any atom is 0.0711 e. The van der Waals surface area contributed by atoms with E-state index in [9.17, 15) is 0 Å². The van der Waals surface area contributed by atoms with Crippen LogP contribution in [0.3, 0.4) is 0 Å². The largest absolute Gasteiger partial charge is 0.143 e. The lowest BCUT2D eigenvalue weighted by molar-refractivity contribution is 1.11. The van der Waals surface area contributed by atoms with Gasteiger partial charge in [0.25, 0.3) is 0 Å². The van der Waals surface area contributed by atoms with Gasteiger partial charge in [0.1, 0.15) is 0 Å². The van der Waals surface area contributed by atoms with Crippen LogP contribution in [-0.4, -0.2) is 0 Å².